The van der Waals surface area contributed by atoms with E-state index in [1.807, 2.05) is 18.2 Å². The van der Waals surface area contributed by atoms with Crippen LogP contribution in [0, 0.1) is 0 Å². The van der Waals surface area contributed by atoms with Crippen LogP contribution >= 0.6 is 0 Å². The van der Waals surface area contributed by atoms with E-state index in [9.17, 15) is 0 Å². The number of oxazole rings is 1. The minimum atomic E-state index is 0.195. The number of ether oxygens (including phenoxy) is 2. The van der Waals surface area contributed by atoms with E-state index < -0.39 is 0 Å². The molecule has 1 aliphatic rings. The van der Waals surface area contributed by atoms with Gasteiger partial charge in [-0.05, 0) is 24.6 Å². The van der Waals surface area contributed by atoms with Crippen LogP contribution in [0.1, 0.15) is 24.3 Å². The first-order chi connectivity index (χ1) is 9.33. The highest BCUT2D eigenvalue weighted by Gasteiger charge is 2.14. The second-order valence-electron chi connectivity index (χ2n) is 4.47. The first-order valence-electron chi connectivity index (χ1n) is 6.33. The number of nitrogens with one attached hydrogen (secondary N) is 1. The SMILES string of the molecule is CC(NCc1cnco1)c1ccc2c(c1)OCCO2. The normalized spacial score (nSPS) is 15.2. The summed E-state index contributed by atoms with van der Waals surface area (Å²) in [6.45, 7) is 3.97. The molecular weight excluding hydrogens is 244 g/mol. The highest BCUT2D eigenvalue weighted by Crippen LogP contribution is 2.32. The van der Waals surface area contributed by atoms with Gasteiger partial charge in [0.15, 0.2) is 17.9 Å². The lowest BCUT2D eigenvalue weighted by molar-refractivity contribution is 0.171. The van der Waals surface area contributed by atoms with Crippen molar-refractivity contribution in [1.29, 1.82) is 0 Å². The average molecular weight is 260 g/mol. The summed E-state index contributed by atoms with van der Waals surface area (Å²) in [7, 11) is 0. The fraction of sp³-hybridized carbons (Fsp3) is 0.357. The van der Waals surface area contributed by atoms with Gasteiger partial charge in [-0.3, -0.25) is 0 Å². The molecule has 0 bridgehead atoms. The zero-order valence-electron chi connectivity index (χ0n) is 10.8. The Hall–Kier alpha value is -2.01. The van der Waals surface area contributed by atoms with Crippen molar-refractivity contribution in [3.63, 3.8) is 0 Å². The fourth-order valence-corrected chi connectivity index (χ4v) is 2.03. The van der Waals surface area contributed by atoms with E-state index in [1.165, 1.54) is 6.39 Å². The molecule has 2 heterocycles. The molecule has 1 aromatic carbocycles. The summed E-state index contributed by atoms with van der Waals surface area (Å²) < 4.78 is 16.3. The minimum Gasteiger partial charge on any atom is -0.486 e. The number of nitrogens with zero attached hydrogens (tertiary/aromatic N) is 1. The van der Waals surface area contributed by atoms with Crippen LogP contribution in [0.2, 0.25) is 0 Å². The van der Waals surface area contributed by atoms with Crippen LogP contribution < -0.4 is 14.8 Å². The second kappa shape index (κ2) is 5.32. The summed E-state index contributed by atoms with van der Waals surface area (Å²) in [5, 5.41) is 3.38. The zero-order chi connectivity index (χ0) is 13.1. The standard InChI is InChI=1S/C14H16N2O3/c1-10(16-8-12-7-15-9-19-12)11-2-3-13-14(6-11)18-5-4-17-13/h2-3,6-7,9-10,16H,4-5,8H2,1H3. The average Bonchev–Trinajstić information content (AvgIpc) is 2.97. The summed E-state index contributed by atoms with van der Waals surface area (Å²) >= 11 is 0. The summed E-state index contributed by atoms with van der Waals surface area (Å²) in [5.74, 6) is 2.46. The van der Waals surface area contributed by atoms with Crippen LogP contribution in [0.4, 0.5) is 0 Å². The van der Waals surface area contributed by atoms with Gasteiger partial charge in [0.05, 0.1) is 12.7 Å². The molecule has 1 atom stereocenters. The number of hydrogen-bond acceptors (Lipinski definition) is 5. The fourth-order valence-electron chi connectivity index (χ4n) is 2.03. The molecule has 5 nitrogen and oxygen atoms in total. The second-order valence-corrected chi connectivity index (χ2v) is 4.47. The Bertz CT molecular complexity index is 540. The van der Waals surface area contributed by atoms with Crippen LogP contribution in [-0.4, -0.2) is 18.2 Å². The molecule has 1 N–H and O–H groups in total. The quantitative estimate of drug-likeness (QED) is 0.914. The Morgan fingerprint density at radius 3 is 2.89 bits per heavy atom. The van der Waals surface area contributed by atoms with E-state index in [1.54, 1.807) is 6.20 Å². The van der Waals surface area contributed by atoms with E-state index in [-0.39, 0.29) is 6.04 Å². The molecule has 0 aliphatic carbocycles. The Kier molecular flexibility index (Phi) is 3.37. The smallest absolute Gasteiger partial charge is 0.180 e. The molecule has 0 fully saturated rings. The van der Waals surface area contributed by atoms with Crippen molar-refractivity contribution in [2.45, 2.75) is 19.5 Å². The minimum absolute atomic E-state index is 0.195. The van der Waals surface area contributed by atoms with Gasteiger partial charge in [0.2, 0.25) is 0 Å². The van der Waals surface area contributed by atoms with E-state index >= 15 is 0 Å². The Labute approximate surface area is 111 Å². The largest absolute Gasteiger partial charge is 0.486 e. The molecule has 1 aromatic heterocycles. The summed E-state index contributed by atoms with van der Waals surface area (Å²) in [6.07, 6.45) is 3.15. The third-order valence-electron chi connectivity index (χ3n) is 3.13. The van der Waals surface area contributed by atoms with Crippen LogP contribution in [0.3, 0.4) is 0 Å². The maximum atomic E-state index is 5.58. The van der Waals surface area contributed by atoms with Crippen LogP contribution in [-0.2, 0) is 6.54 Å². The molecule has 1 aliphatic heterocycles. The highest BCUT2D eigenvalue weighted by molar-refractivity contribution is 5.44. The Morgan fingerprint density at radius 2 is 2.11 bits per heavy atom. The van der Waals surface area contributed by atoms with E-state index in [2.05, 4.69) is 17.2 Å². The third-order valence-corrected chi connectivity index (χ3v) is 3.13. The molecule has 19 heavy (non-hydrogen) atoms. The first-order valence-corrected chi connectivity index (χ1v) is 6.33. The molecule has 0 saturated heterocycles. The van der Waals surface area contributed by atoms with Gasteiger partial charge in [0.25, 0.3) is 0 Å². The van der Waals surface area contributed by atoms with Gasteiger partial charge in [-0.2, -0.15) is 0 Å². The van der Waals surface area contributed by atoms with Crippen molar-refractivity contribution in [3.05, 3.63) is 42.1 Å². The number of rotatable bonds is 4. The van der Waals surface area contributed by atoms with Crippen molar-refractivity contribution in [3.8, 4) is 11.5 Å². The molecule has 5 heteroatoms. The van der Waals surface area contributed by atoms with Crippen molar-refractivity contribution in [2.75, 3.05) is 13.2 Å². The van der Waals surface area contributed by atoms with Gasteiger partial charge in [-0.1, -0.05) is 6.07 Å². The topological polar surface area (TPSA) is 56.5 Å². The van der Waals surface area contributed by atoms with Gasteiger partial charge < -0.3 is 19.2 Å². The Balaban J connectivity index is 1.67. The van der Waals surface area contributed by atoms with E-state index in [4.69, 9.17) is 13.9 Å². The van der Waals surface area contributed by atoms with Gasteiger partial charge in [-0.25, -0.2) is 4.98 Å². The monoisotopic (exact) mass is 260 g/mol. The van der Waals surface area contributed by atoms with Gasteiger partial charge >= 0.3 is 0 Å². The van der Waals surface area contributed by atoms with E-state index in [0.29, 0.717) is 19.8 Å². The van der Waals surface area contributed by atoms with Gasteiger partial charge in [0, 0.05) is 6.04 Å². The lowest BCUT2D eigenvalue weighted by Gasteiger charge is -2.21. The number of benzene rings is 1. The molecule has 0 spiro atoms. The van der Waals surface area contributed by atoms with Crippen molar-refractivity contribution < 1.29 is 13.9 Å². The van der Waals surface area contributed by atoms with Gasteiger partial charge in [-0.15, -0.1) is 0 Å². The Morgan fingerprint density at radius 1 is 1.26 bits per heavy atom. The number of fused-ring (bicyclic) bond motifs is 1. The lowest BCUT2D eigenvalue weighted by atomic mass is 10.1. The van der Waals surface area contributed by atoms with Crippen molar-refractivity contribution in [2.24, 2.45) is 0 Å². The van der Waals surface area contributed by atoms with Gasteiger partial charge in [0.1, 0.15) is 19.0 Å². The maximum absolute atomic E-state index is 5.58. The molecule has 0 radical (unpaired) electrons. The predicted octanol–water partition coefficient (Wildman–Crippen LogP) is 2.30. The van der Waals surface area contributed by atoms with Crippen LogP contribution in [0.5, 0.6) is 11.5 Å². The number of aromatic nitrogens is 1. The predicted molar refractivity (Wildman–Crippen MR) is 69.2 cm³/mol. The molecule has 100 valence electrons. The van der Waals surface area contributed by atoms with Crippen LogP contribution in [0.15, 0.2) is 35.2 Å². The summed E-state index contributed by atoms with van der Waals surface area (Å²) in [5.41, 5.74) is 1.16. The molecular formula is C14H16N2O3. The molecule has 3 rings (SSSR count). The summed E-state index contributed by atoms with van der Waals surface area (Å²) in [4.78, 5) is 3.89. The molecule has 1 unspecified atom stereocenters. The van der Waals surface area contributed by atoms with E-state index in [0.717, 1.165) is 22.8 Å². The molecule has 0 amide bonds. The molecule has 0 saturated carbocycles. The highest BCUT2D eigenvalue weighted by atomic mass is 16.6. The number of hydrogen-bond donors (Lipinski definition) is 1. The first kappa shape index (κ1) is 12.0. The molecule has 2 aromatic rings. The van der Waals surface area contributed by atoms with Crippen molar-refractivity contribution in [1.82, 2.24) is 10.3 Å². The van der Waals surface area contributed by atoms with Crippen LogP contribution in [0.25, 0.3) is 0 Å². The third kappa shape index (κ3) is 2.71. The lowest BCUT2D eigenvalue weighted by Crippen LogP contribution is -2.19. The maximum Gasteiger partial charge on any atom is 0.180 e. The zero-order valence-corrected chi connectivity index (χ0v) is 10.8. The summed E-state index contributed by atoms with van der Waals surface area (Å²) in [6, 6.07) is 6.22. The van der Waals surface area contributed by atoms with Crippen molar-refractivity contribution >= 4 is 0 Å².